The number of carbonyl (C=O) groups excluding carboxylic acids is 2. The van der Waals surface area contributed by atoms with Gasteiger partial charge >= 0.3 is 5.97 Å². The van der Waals surface area contributed by atoms with Crippen molar-refractivity contribution in [1.82, 2.24) is 0 Å². The van der Waals surface area contributed by atoms with Gasteiger partial charge in [0.15, 0.2) is 0 Å². The van der Waals surface area contributed by atoms with Crippen LogP contribution in [-0.2, 0) is 9.59 Å². The summed E-state index contributed by atoms with van der Waals surface area (Å²) < 4.78 is 0. The van der Waals surface area contributed by atoms with E-state index in [-0.39, 0.29) is 28.8 Å². The van der Waals surface area contributed by atoms with Crippen LogP contribution >= 0.6 is 0 Å². The number of nitrogens with zero attached hydrogens (tertiary/aromatic N) is 1. The standard InChI is InChI=1S/C12H12N2O4/c13-8-6-7(12(17)18)4-5-9(8)14-10(15)2-1-3-11(14)16/h4-6H,1-3,13H2,(H,17,18). The Morgan fingerprint density at radius 1 is 1.22 bits per heavy atom. The second kappa shape index (κ2) is 4.48. The Bertz CT molecular complexity index is 523. The fourth-order valence-electron chi connectivity index (χ4n) is 1.91. The third-order valence-corrected chi connectivity index (χ3v) is 2.80. The SMILES string of the molecule is Nc1cc(C(=O)O)ccc1N1C(=O)CCCC1=O. The Labute approximate surface area is 103 Å². The Morgan fingerprint density at radius 2 is 1.83 bits per heavy atom. The van der Waals surface area contributed by atoms with Gasteiger partial charge in [-0.1, -0.05) is 0 Å². The van der Waals surface area contributed by atoms with Gasteiger partial charge in [0.05, 0.1) is 16.9 Å². The molecule has 18 heavy (non-hydrogen) atoms. The minimum Gasteiger partial charge on any atom is -0.478 e. The third kappa shape index (κ3) is 2.04. The van der Waals surface area contributed by atoms with E-state index in [9.17, 15) is 14.4 Å². The normalized spacial score (nSPS) is 15.9. The first-order chi connectivity index (χ1) is 8.50. The van der Waals surface area contributed by atoms with Gasteiger partial charge in [-0.15, -0.1) is 0 Å². The van der Waals surface area contributed by atoms with Gasteiger partial charge in [-0.25, -0.2) is 9.69 Å². The van der Waals surface area contributed by atoms with Crippen molar-refractivity contribution in [1.29, 1.82) is 0 Å². The fraction of sp³-hybridized carbons (Fsp3) is 0.250. The predicted molar refractivity (Wildman–Crippen MR) is 64.2 cm³/mol. The predicted octanol–water partition coefficient (Wildman–Crippen LogP) is 1.01. The maximum atomic E-state index is 11.7. The number of nitrogens with two attached hydrogens (primary N) is 1. The number of carboxylic acid groups (broad SMARTS) is 1. The summed E-state index contributed by atoms with van der Waals surface area (Å²) in [6.07, 6.45) is 1.14. The van der Waals surface area contributed by atoms with Crippen molar-refractivity contribution in [3.63, 3.8) is 0 Å². The lowest BCUT2D eigenvalue weighted by atomic mass is 10.1. The first kappa shape index (κ1) is 12.1. The topological polar surface area (TPSA) is 101 Å². The highest BCUT2D eigenvalue weighted by atomic mass is 16.4. The molecule has 6 heteroatoms. The quantitative estimate of drug-likeness (QED) is 0.600. The third-order valence-electron chi connectivity index (χ3n) is 2.80. The van der Waals surface area contributed by atoms with Crippen LogP contribution in [0.3, 0.4) is 0 Å². The first-order valence-electron chi connectivity index (χ1n) is 5.49. The Balaban J connectivity index is 2.41. The average molecular weight is 248 g/mol. The molecule has 0 aliphatic carbocycles. The maximum Gasteiger partial charge on any atom is 0.335 e. The summed E-state index contributed by atoms with van der Waals surface area (Å²) >= 11 is 0. The highest BCUT2D eigenvalue weighted by molar-refractivity contribution is 6.18. The first-order valence-corrected chi connectivity index (χ1v) is 5.49. The maximum absolute atomic E-state index is 11.7. The number of imide groups is 1. The van der Waals surface area contributed by atoms with E-state index in [1.807, 2.05) is 0 Å². The monoisotopic (exact) mass is 248 g/mol. The smallest absolute Gasteiger partial charge is 0.335 e. The van der Waals surface area contributed by atoms with Gasteiger partial charge in [-0.3, -0.25) is 9.59 Å². The molecule has 0 radical (unpaired) electrons. The van der Waals surface area contributed by atoms with Crippen molar-refractivity contribution in [3.8, 4) is 0 Å². The second-order valence-electron chi connectivity index (χ2n) is 4.06. The zero-order valence-electron chi connectivity index (χ0n) is 9.55. The molecule has 0 unspecified atom stereocenters. The molecule has 6 nitrogen and oxygen atoms in total. The van der Waals surface area contributed by atoms with Crippen LogP contribution in [0.25, 0.3) is 0 Å². The van der Waals surface area contributed by atoms with Crippen LogP contribution in [-0.4, -0.2) is 22.9 Å². The molecule has 0 aromatic heterocycles. The number of benzene rings is 1. The summed E-state index contributed by atoms with van der Waals surface area (Å²) in [4.78, 5) is 35.2. The molecular weight excluding hydrogens is 236 g/mol. The Morgan fingerprint density at radius 3 is 2.33 bits per heavy atom. The van der Waals surface area contributed by atoms with Gasteiger partial charge in [0.1, 0.15) is 0 Å². The molecule has 0 saturated carbocycles. The number of carbonyl (C=O) groups is 3. The van der Waals surface area contributed by atoms with Gasteiger partial charge < -0.3 is 10.8 Å². The van der Waals surface area contributed by atoms with Crippen molar-refractivity contribution in [2.45, 2.75) is 19.3 Å². The number of hydrogen-bond acceptors (Lipinski definition) is 4. The molecule has 94 valence electrons. The molecule has 1 saturated heterocycles. The number of amides is 2. The van der Waals surface area contributed by atoms with Crippen LogP contribution in [0.5, 0.6) is 0 Å². The van der Waals surface area contributed by atoms with Gasteiger partial charge in [-0.2, -0.15) is 0 Å². The lowest BCUT2D eigenvalue weighted by Gasteiger charge is -2.26. The summed E-state index contributed by atoms with van der Waals surface area (Å²) in [7, 11) is 0. The average Bonchev–Trinajstić information content (AvgIpc) is 2.30. The molecule has 1 aromatic carbocycles. The number of rotatable bonds is 2. The summed E-state index contributed by atoms with van der Waals surface area (Å²) in [6.45, 7) is 0. The molecule has 1 aliphatic rings. The summed E-state index contributed by atoms with van der Waals surface area (Å²) in [5, 5.41) is 8.81. The lowest BCUT2D eigenvalue weighted by molar-refractivity contribution is -0.129. The molecule has 1 fully saturated rings. The van der Waals surface area contributed by atoms with Crippen LogP contribution in [0.2, 0.25) is 0 Å². The van der Waals surface area contributed by atoms with Crippen molar-refractivity contribution in [3.05, 3.63) is 23.8 Å². The molecule has 0 spiro atoms. The highest BCUT2D eigenvalue weighted by Crippen LogP contribution is 2.28. The summed E-state index contributed by atoms with van der Waals surface area (Å²) in [6, 6.07) is 3.95. The van der Waals surface area contributed by atoms with Gasteiger partial charge in [0.25, 0.3) is 0 Å². The van der Waals surface area contributed by atoms with Gasteiger partial charge in [-0.05, 0) is 24.6 Å². The van der Waals surface area contributed by atoms with E-state index >= 15 is 0 Å². The molecule has 2 rings (SSSR count). The number of anilines is 2. The minimum atomic E-state index is -1.11. The molecule has 1 aromatic rings. The van der Waals surface area contributed by atoms with Crippen molar-refractivity contribution >= 4 is 29.2 Å². The van der Waals surface area contributed by atoms with Crippen LogP contribution in [0, 0.1) is 0 Å². The Hall–Kier alpha value is -2.37. The van der Waals surface area contributed by atoms with Crippen LogP contribution in [0.1, 0.15) is 29.6 Å². The number of piperidine rings is 1. The van der Waals surface area contributed by atoms with E-state index in [0.717, 1.165) is 4.90 Å². The highest BCUT2D eigenvalue weighted by Gasteiger charge is 2.28. The zero-order chi connectivity index (χ0) is 13.3. The van der Waals surface area contributed by atoms with E-state index in [1.54, 1.807) is 0 Å². The number of hydrogen-bond donors (Lipinski definition) is 2. The van der Waals surface area contributed by atoms with Crippen LogP contribution < -0.4 is 10.6 Å². The minimum absolute atomic E-state index is 0.0214. The molecular formula is C12H12N2O4. The zero-order valence-corrected chi connectivity index (χ0v) is 9.55. The molecule has 1 heterocycles. The van der Waals surface area contributed by atoms with Crippen molar-refractivity contribution in [2.24, 2.45) is 0 Å². The van der Waals surface area contributed by atoms with Crippen molar-refractivity contribution in [2.75, 3.05) is 10.6 Å². The van der Waals surface area contributed by atoms with Gasteiger partial charge in [0, 0.05) is 12.8 Å². The largest absolute Gasteiger partial charge is 0.478 e. The van der Waals surface area contributed by atoms with Crippen LogP contribution in [0.15, 0.2) is 18.2 Å². The number of nitrogen functional groups attached to an aromatic ring is 1. The molecule has 3 N–H and O–H groups in total. The Kier molecular flexibility index (Phi) is 3.01. The van der Waals surface area contributed by atoms with E-state index in [1.165, 1.54) is 18.2 Å². The lowest BCUT2D eigenvalue weighted by Crippen LogP contribution is -2.40. The van der Waals surface area contributed by atoms with E-state index in [2.05, 4.69) is 0 Å². The van der Waals surface area contributed by atoms with Gasteiger partial charge in [0.2, 0.25) is 11.8 Å². The van der Waals surface area contributed by atoms with Crippen LogP contribution in [0.4, 0.5) is 11.4 Å². The number of carboxylic acids is 1. The van der Waals surface area contributed by atoms with E-state index in [4.69, 9.17) is 10.8 Å². The molecule has 2 amide bonds. The fourth-order valence-corrected chi connectivity index (χ4v) is 1.91. The molecule has 1 aliphatic heterocycles. The molecule has 0 atom stereocenters. The summed E-state index contributed by atoms with van der Waals surface area (Å²) in [5.74, 6) is -1.72. The second-order valence-corrected chi connectivity index (χ2v) is 4.06. The molecule has 0 bridgehead atoms. The van der Waals surface area contributed by atoms with E-state index < -0.39 is 5.97 Å². The van der Waals surface area contributed by atoms with Crippen molar-refractivity contribution < 1.29 is 19.5 Å². The van der Waals surface area contributed by atoms with E-state index in [0.29, 0.717) is 19.3 Å². The number of aromatic carboxylic acids is 1. The summed E-state index contributed by atoms with van der Waals surface area (Å²) in [5.41, 5.74) is 6.10.